The maximum absolute atomic E-state index is 9.71. The molecule has 0 bridgehead atoms. The van der Waals surface area contributed by atoms with Crippen molar-refractivity contribution in [2.75, 3.05) is 20.8 Å². The molecule has 2 atom stereocenters. The molecule has 1 aromatic carbocycles. The van der Waals surface area contributed by atoms with Crippen molar-refractivity contribution < 1.29 is 19.3 Å². The predicted molar refractivity (Wildman–Crippen MR) is 68.5 cm³/mol. The van der Waals surface area contributed by atoms with Gasteiger partial charge in [0, 0.05) is 24.7 Å². The van der Waals surface area contributed by atoms with Crippen LogP contribution in [0.1, 0.15) is 24.5 Å². The number of methoxy groups -OCH3 is 2. The van der Waals surface area contributed by atoms with E-state index in [2.05, 4.69) is 0 Å². The van der Waals surface area contributed by atoms with Gasteiger partial charge in [-0.1, -0.05) is 11.6 Å². The van der Waals surface area contributed by atoms with Gasteiger partial charge in [0.15, 0.2) is 0 Å². The van der Waals surface area contributed by atoms with E-state index in [4.69, 9.17) is 25.8 Å². The Bertz CT molecular complexity index is 422. The Morgan fingerprint density at radius 1 is 1.33 bits per heavy atom. The summed E-state index contributed by atoms with van der Waals surface area (Å²) in [6.45, 7) is 0.525. The first-order valence-corrected chi connectivity index (χ1v) is 6.24. The van der Waals surface area contributed by atoms with Crippen molar-refractivity contribution in [3.8, 4) is 11.5 Å². The van der Waals surface area contributed by atoms with Crippen molar-refractivity contribution >= 4 is 11.6 Å². The largest absolute Gasteiger partial charge is 0.497 e. The summed E-state index contributed by atoms with van der Waals surface area (Å²) >= 11 is 6.25. The van der Waals surface area contributed by atoms with Gasteiger partial charge in [0.05, 0.1) is 31.5 Å². The Morgan fingerprint density at radius 2 is 2.11 bits per heavy atom. The molecule has 0 spiro atoms. The molecule has 0 saturated carbocycles. The molecule has 1 N–H and O–H groups in total. The lowest BCUT2D eigenvalue weighted by molar-refractivity contribution is -0.0455. The maximum Gasteiger partial charge on any atom is 0.129 e. The molecule has 2 unspecified atom stereocenters. The second-order valence-corrected chi connectivity index (χ2v) is 4.67. The van der Waals surface area contributed by atoms with E-state index in [1.165, 1.54) is 0 Å². The molecule has 1 heterocycles. The van der Waals surface area contributed by atoms with Gasteiger partial charge in [-0.2, -0.15) is 0 Å². The van der Waals surface area contributed by atoms with Crippen LogP contribution in [0.3, 0.4) is 0 Å². The highest BCUT2D eigenvalue weighted by molar-refractivity contribution is 6.31. The highest BCUT2D eigenvalue weighted by Gasteiger charge is 2.27. The minimum Gasteiger partial charge on any atom is -0.497 e. The topological polar surface area (TPSA) is 47.9 Å². The monoisotopic (exact) mass is 272 g/mol. The van der Waals surface area contributed by atoms with Crippen LogP contribution in [-0.2, 0) is 4.74 Å². The molecular formula is C13H17ClO4. The molecule has 1 saturated heterocycles. The highest BCUT2D eigenvalue weighted by atomic mass is 35.5. The first-order chi connectivity index (χ1) is 8.65. The first-order valence-electron chi connectivity index (χ1n) is 5.86. The van der Waals surface area contributed by atoms with Crippen molar-refractivity contribution in [1.82, 2.24) is 0 Å². The molecule has 1 aliphatic rings. The normalized spacial score (nSPS) is 23.8. The average molecular weight is 273 g/mol. The molecule has 0 radical (unpaired) electrons. The standard InChI is InChI=1S/C13H17ClO4/c1-16-9-6-10(14)13(11(7-9)17-2)12-5-8(15)3-4-18-12/h6-8,12,15H,3-5H2,1-2H3. The summed E-state index contributed by atoms with van der Waals surface area (Å²) in [5.41, 5.74) is 0.777. The predicted octanol–water partition coefficient (Wildman–Crippen LogP) is 2.57. The lowest BCUT2D eigenvalue weighted by Crippen LogP contribution is -2.24. The van der Waals surface area contributed by atoms with Crippen LogP contribution in [0.2, 0.25) is 5.02 Å². The van der Waals surface area contributed by atoms with E-state index in [9.17, 15) is 5.11 Å². The first kappa shape index (κ1) is 13.5. The zero-order valence-corrected chi connectivity index (χ0v) is 11.2. The molecule has 0 aromatic heterocycles. The van der Waals surface area contributed by atoms with Crippen molar-refractivity contribution in [3.63, 3.8) is 0 Å². The number of hydrogen-bond donors (Lipinski definition) is 1. The Balaban J connectivity index is 2.36. The Hall–Kier alpha value is -0.970. The molecule has 5 heteroatoms. The van der Waals surface area contributed by atoms with Gasteiger partial charge in [-0.3, -0.25) is 0 Å². The van der Waals surface area contributed by atoms with Crippen LogP contribution in [-0.4, -0.2) is 32.0 Å². The van der Waals surface area contributed by atoms with Gasteiger partial charge >= 0.3 is 0 Å². The van der Waals surface area contributed by atoms with Gasteiger partial charge in [0.25, 0.3) is 0 Å². The summed E-state index contributed by atoms with van der Waals surface area (Å²) in [4.78, 5) is 0. The van der Waals surface area contributed by atoms with E-state index in [1.807, 2.05) is 0 Å². The fourth-order valence-electron chi connectivity index (χ4n) is 2.15. The third kappa shape index (κ3) is 2.71. The average Bonchev–Trinajstić information content (AvgIpc) is 2.37. The van der Waals surface area contributed by atoms with E-state index < -0.39 is 0 Å². The number of aliphatic hydroxyl groups is 1. The molecule has 1 aromatic rings. The van der Waals surface area contributed by atoms with Gasteiger partial charge in [-0.05, 0) is 12.5 Å². The van der Waals surface area contributed by atoms with Crippen LogP contribution in [0.5, 0.6) is 11.5 Å². The van der Waals surface area contributed by atoms with Gasteiger partial charge in [-0.15, -0.1) is 0 Å². The second kappa shape index (κ2) is 5.78. The van der Waals surface area contributed by atoms with Crippen molar-refractivity contribution in [3.05, 3.63) is 22.7 Å². The fraction of sp³-hybridized carbons (Fsp3) is 0.538. The van der Waals surface area contributed by atoms with Crippen LogP contribution in [0.4, 0.5) is 0 Å². The van der Waals surface area contributed by atoms with E-state index in [0.717, 1.165) is 5.56 Å². The lowest BCUT2D eigenvalue weighted by Gasteiger charge is -2.28. The zero-order chi connectivity index (χ0) is 13.1. The third-order valence-electron chi connectivity index (χ3n) is 3.10. The molecule has 0 amide bonds. The number of halogens is 1. The molecule has 4 nitrogen and oxygen atoms in total. The van der Waals surface area contributed by atoms with E-state index >= 15 is 0 Å². The SMILES string of the molecule is COc1cc(Cl)c(C2CC(O)CCO2)c(OC)c1. The highest BCUT2D eigenvalue weighted by Crippen LogP contribution is 2.41. The smallest absolute Gasteiger partial charge is 0.129 e. The molecule has 100 valence electrons. The van der Waals surface area contributed by atoms with Crippen LogP contribution in [0, 0.1) is 0 Å². The zero-order valence-electron chi connectivity index (χ0n) is 10.5. The van der Waals surface area contributed by atoms with Gasteiger partial charge in [0.2, 0.25) is 0 Å². The van der Waals surface area contributed by atoms with E-state index in [-0.39, 0.29) is 12.2 Å². The maximum atomic E-state index is 9.71. The number of rotatable bonds is 3. The second-order valence-electron chi connectivity index (χ2n) is 4.26. The Labute approximate surface area is 111 Å². The number of benzene rings is 1. The fourth-order valence-corrected chi connectivity index (χ4v) is 2.47. The molecule has 2 rings (SSSR count). The van der Waals surface area contributed by atoms with Crippen LogP contribution in [0.15, 0.2) is 12.1 Å². The summed E-state index contributed by atoms with van der Waals surface area (Å²) in [5.74, 6) is 1.26. The number of aliphatic hydroxyl groups excluding tert-OH is 1. The molecular weight excluding hydrogens is 256 g/mol. The molecule has 0 aliphatic carbocycles. The molecule has 18 heavy (non-hydrogen) atoms. The summed E-state index contributed by atoms with van der Waals surface area (Å²) in [5, 5.41) is 10.2. The summed E-state index contributed by atoms with van der Waals surface area (Å²) in [7, 11) is 3.15. The van der Waals surface area contributed by atoms with Crippen molar-refractivity contribution in [1.29, 1.82) is 0 Å². The van der Waals surface area contributed by atoms with Crippen LogP contribution in [0.25, 0.3) is 0 Å². The minimum atomic E-state index is -0.355. The van der Waals surface area contributed by atoms with E-state index in [1.54, 1.807) is 26.4 Å². The van der Waals surface area contributed by atoms with Gasteiger partial charge < -0.3 is 19.3 Å². The third-order valence-corrected chi connectivity index (χ3v) is 3.41. The Morgan fingerprint density at radius 3 is 2.72 bits per heavy atom. The van der Waals surface area contributed by atoms with E-state index in [0.29, 0.717) is 36.0 Å². The number of ether oxygens (including phenoxy) is 3. The molecule has 1 aliphatic heterocycles. The summed E-state index contributed by atoms with van der Waals surface area (Å²) < 4.78 is 16.1. The molecule has 1 fully saturated rings. The minimum absolute atomic E-state index is 0.234. The van der Waals surface area contributed by atoms with Crippen LogP contribution >= 0.6 is 11.6 Å². The quantitative estimate of drug-likeness (QED) is 0.919. The Kier molecular flexibility index (Phi) is 4.32. The summed E-state index contributed by atoms with van der Waals surface area (Å²) in [6.07, 6.45) is 0.600. The number of hydrogen-bond acceptors (Lipinski definition) is 4. The van der Waals surface area contributed by atoms with Crippen molar-refractivity contribution in [2.24, 2.45) is 0 Å². The lowest BCUT2D eigenvalue weighted by atomic mass is 9.98. The van der Waals surface area contributed by atoms with Crippen LogP contribution < -0.4 is 9.47 Å². The van der Waals surface area contributed by atoms with Gasteiger partial charge in [-0.25, -0.2) is 0 Å². The van der Waals surface area contributed by atoms with Crippen molar-refractivity contribution in [2.45, 2.75) is 25.0 Å². The van der Waals surface area contributed by atoms with Gasteiger partial charge in [0.1, 0.15) is 11.5 Å². The summed E-state index contributed by atoms with van der Waals surface area (Å²) in [6, 6.07) is 3.50.